The summed E-state index contributed by atoms with van der Waals surface area (Å²) in [6.45, 7) is 4.81. The van der Waals surface area contributed by atoms with Crippen LogP contribution in [0.2, 0.25) is 0 Å². The van der Waals surface area contributed by atoms with Crippen molar-refractivity contribution in [1.29, 1.82) is 0 Å². The topological polar surface area (TPSA) is 105 Å². The highest BCUT2D eigenvalue weighted by atomic mass is 31.2. The van der Waals surface area contributed by atoms with Gasteiger partial charge in [-0.2, -0.15) is 0 Å². The largest absolute Gasteiger partial charge is 0.472 e. The highest BCUT2D eigenvalue weighted by molar-refractivity contribution is 7.47. The van der Waals surface area contributed by atoms with Crippen molar-refractivity contribution in [3.63, 3.8) is 0 Å². The van der Waals surface area contributed by atoms with E-state index in [9.17, 15) is 19.4 Å². The van der Waals surface area contributed by atoms with E-state index in [2.05, 4.69) is 104 Å². The van der Waals surface area contributed by atoms with Crippen LogP contribution in [-0.2, 0) is 18.4 Å². The smallest absolute Gasteiger partial charge is 0.391 e. The molecule has 0 aromatic heterocycles. The Hall–Kier alpha value is -2.32. The summed E-state index contributed by atoms with van der Waals surface area (Å²) in [7, 11) is 1.61. The van der Waals surface area contributed by atoms with Gasteiger partial charge >= 0.3 is 7.82 Å². The Morgan fingerprint density at radius 2 is 0.706 bits per heavy atom. The number of hydrogen-bond donors (Lipinski definition) is 3. The van der Waals surface area contributed by atoms with Crippen LogP contribution in [0.5, 0.6) is 0 Å². The van der Waals surface area contributed by atoms with E-state index in [-0.39, 0.29) is 19.1 Å². The molecule has 496 valence electrons. The molecule has 9 heteroatoms. The van der Waals surface area contributed by atoms with Crippen molar-refractivity contribution in [2.45, 2.75) is 353 Å². The van der Waals surface area contributed by atoms with Crippen molar-refractivity contribution in [3.05, 3.63) is 85.1 Å². The van der Waals surface area contributed by atoms with Gasteiger partial charge in [0.1, 0.15) is 13.2 Å². The molecule has 0 fully saturated rings. The zero-order valence-electron chi connectivity index (χ0n) is 56.8. The first-order chi connectivity index (χ1) is 41.5. The quantitative estimate of drug-likeness (QED) is 0.0243. The average Bonchev–Trinajstić information content (AvgIpc) is 3.49. The molecular weight excluding hydrogens is 1070 g/mol. The second kappa shape index (κ2) is 66.1. The van der Waals surface area contributed by atoms with Gasteiger partial charge < -0.3 is 19.8 Å². The number of nitrogens with one attached hydrogen (secondary N) is 1. The number of carbonyl (C=O) groups excluding carboxylic acids is 1. The molecule has 0 saturated carbocycles. The molecule has 0 radical (unpaired) electrons. The molecule has 0 heterocycles. The molecule has 0 bridgehead atoms. The lowest BCUT2D eigenvalue weighted by atomic mass is 10.0. The van der Waals surface area contributed by atoms with Gasteiger partial charge in [-0.1, -0.05) is 349 Å². The molecule has 0 aliphatic carbocycles. The first-order valence-electron chi connectivity index (χ1n) is 36.5. The fraction of sp³-hybridized carbons (Fsp3) is 0.803. The molecule has 85 heavy (non-hydrogen) atoms. The van der Waals surface area contributed by atoms with Crippen LogP contribution in [0.25, 0.3) is 0 Å². The van der Waals surface area contributed by atoms with Gasteiger partial charge in [-0.15, -0.1) is 0 Å². The third kappa shape index (κ3) is 69.0. The molecule has 0 aliphatic heterocycles. The maximum atomic E-state index is 13.1. The normalized spacial score (nSPS) is 14.1. The van der Waals surface area contributed by atoms with E-state index in [0.717, 1.165) is 89.9 Å². The van der Waals surface area contributed by atoms with Crippen molar-refractivity contribution in [3.8, 4) is 0 Å². The zero-order valence-corrected chi connectivity index (χ0v) is 57.7. The SMILES string of the molecule is CC/C=C\C/C=C\C/C=C\C/C=C\C/C=C\C/C=C\C/C=C\CCCCCCCCCCCC(=O)NC(COP(=O)(O)OCC[N+](C)(C)C)C(O)CCCCCCCCCCCCCCCCCCCCCCCCCCCCCCCCCC. The number of carbonyl (C=O) groups is 1. The van der Waals surface area contributed by atoms with E-state index in [1.165, 1.54) is 225 Å². The number of amides is 1. The number of allylic oxidation sites excluding steroid dienone is 14. The van der Waals surface area contributed by atoms with Crippen molar-refractivity contribution in [2.24, 2.45) is 0 Å². The minimum absolute atomic E-state index is 0.0704. The van der Waals surface area contributed by atoms with Gasteiger partial charge in [-0.05, 0) is 70.6 Å². The van der Waals surface area contributed by atoms with E-state index in [1.54, 1.807) is 0 Å². The van der Waals surface area contributed by atoms with Crippen LogP contribution in [0.3, 0.4) is 0 Å². The van der Waals surface area contributed by atoms with E-state index < -0.39 is 20.0 Å². The Labute approximate surface area is 528 Å². The highest BCUT2D eigenvalue weighted by Gasteiger charge is 2.28. The number of nitrogens with zero attached hydrogens (tertiary/aromatic N) is 1. The highest BCUT2D eigenvalue weighted by Crippen LogP contribution is 2.43. The summed E-state index contributed by atoms with van der Waals surface area (Å²) in [5.41, 5.74) is 0. The minimum Gasteiger partial charge on any atom is -0.391 e. The number of likely N-dealkylation sites (N-methyl/N-ethyl adjacent to an activating group) is 1. The van der Waals surface area contributed by atoms with Crippen molar-refractivity contribution < 1.29 is 32.9 Å². The maximum Gasteiger partial charge on any atom is 0.472 e. The predicted octanol–water partition coefficient (Wildman–Crippen LogP) is 23.5. The molecule has 0 spiro atoms. The minimum atomic E-state index is -4.34. The monoisotopic (exact) mass is 1210 g/mol. The summed E-state index contributed by atoms with van der Waals surface area (Å²) in [5.74, 6) is -0.149. The number of quaternary nitrogens is 1. The summed E-state index contributed by atoms with van der Waals surface area (Å²) in [6, 6.07) is -0.772. The molecule has 8 nitrogen and oxygen atoms in total. The lowest BCUT2D eigenvalue weighted by Crippen LogP contribution is -2.46. The zero-order chi connectivity index (χ0) is 61.9. The number of hydrogen-bond acceptors (Lipinski definition) is 5. The fourth-order valence-electron chi connectivity index (χ4n) is 10.8. The number of phosphoric ester groups is 1. The Morgan fingerprint density at radius 1 is 0.412 bits per heavy atom. The number of phosphoric acid groups is 1. The summed E-state index contributed by atoms with van der Waals surface area (Å²) < 4.78 is 23.9. The van der Waals surface area contributed by atoms with Gasteiger partial charge in [0.25, 0.3) is 0 Å². The van der Waals surface area contributed by atoms with Crippen molar-refractivity contribution in [2.75, 3.05) is 40.9 Å². The van der Waals surface area contributed by atoms with E-state index in [4.69, 9.17) is 9.05 Å². The Morgan fingerprint density at radius 3 is 1.04 bits per heavy atom. The van der Waals surface area contributed by atoms with E-state index >= 15 is 0 Å². The van der Waals surface area contributed by atoms with Crippen LogP contribution in [0, 0.1) is 0 Å². The van der Waals surface area contributed by atoms with E-state index in [1.807, 2.05) is 21.1 Å². The Kier molecular flexibility index (Phi) is 64.3. The number of rotatable bonds is 67. The second-order valence-corrected chi connectivity index (χ2v) is 27.4. The van der Waals surface area contributed by atoms with Gasteiger partial charge in [0.05, 0.1) is 39.9 Å². The number of unbranched alkanes of at least 4 members (excludes halogenated alkanes) is 40. The molecular formula is C76H142N2O6P+. The van der Waals surface area contributed by atoms with Crippen LogP contribution < -0.4 is 5.32 Å². The summed E-state index contributed by atoms with van der Waals surface area (Å²) >= 11 is 0. The molecule has 0 rings (SSSR count). The molecule has 3 atom stereocenters. The van der Waals surface area contributed by atoms with Gasteiger partial charge in [-0.25, -0.2) is 4.57 Å². The standard InChI is InChI=1S/C76H141N2O6P/c1-6-8-10-12-14-16-18-20-22-24-26-28-30-32-34-36-38-40-41-43-45-47-49-51-53-55-57-59-61-63-65-67-69-75(79)74(73-84-85(81,82)83-72-71-78(3,4)5)77-76(80)70-68-66-64-62-60-58-56-54-52-50-48-46-44-42-39-37-35-33-31-29-27-25-23-21-19-17-15-13-11-9-7-2/h9,11,15,17,21,23,27,29,33,35,39,42,46,48,74-75,79H,6-8,10,12-14,16,18-20,22,24-26,28,30-32,34,36-38,40-41,43-45,47,49-73H2,1-5H3,(H-,77,80,81,82)/p+1/b11-9-,17-15-,23-21-,29-27-,35-33-,42-39-,48-46-. The Balaban J connectivity index is 4.05. The third-order valence-corrected chi connectivity index (χ3v) is 17.4. The Bertz CT molecular complexity index is 1660. The molecule has 0 aromatic rings. The van der Waals surface area contributed by atoms with Gasteiger partial charge in [0.2, 0.25) is 5.91 Å². The molecule has 1 amide bonds. The molecule has 3 unspecified atom stereocenters. The third-order valence-electron chi connectivity index (χ3n) is 16.4. The first kappa shape index (κ1) is 82.7. The lowest BCUT2D eigenvalue weighted by molar-refractivity contribution is -0.870. The van der Waals surface area contributed by atoms with E-state index in [0.29, 0.717) is 23.9 Å². The van der Waals surface area contributed by atoms with Crippen LogP contribution in [-0.4, -0.2) is 73.4 Å². The van der Waals surface area contributed by atoms with Gasteiger partial charge in [0.15, 0.2) is 0 Å². The van der Waals surface area contributed by atoms with Crippen LogP contribution in [0.1, 0.15) is 341 Å². The van der Waals surface area contributed by atoms with Crippen molar-refractivity contribution >= 4 is 13.7 Å². The van der Waals surface area contributed by atoms with Crippen LogP contribution in [0.15, 0.2) is 85.1 Å². The lowest BCUT2D eigenvalue weighted by Gasteiger charge is -2.26. The first-order valence-corrected chi connectivity index (χ1v) is 37.9. The summed E-state index contributed by atoms with van der Waals surface area (Å²) in [6.07, 6.45) is 94.1. The molecule has 0 aromatic carbocycles. The number of aliphatic hydroxyl groups excluding tert-OH is 1. The molecule has 0 aliphatic rings. The number of aliphatic hydroxyl groups is 1. The maximum absolute atomic E-state index is 13.1. The van der Waals surface area contributed by atoms with Crippen molar-refractivity contribution in [1.82, 2.24) is 5.32 Å². The van der Waals surface area contributed by atoms with Gasteiger partial charge in [-0.3, -0.25) is 13.8 Å². The van der Waals surface area contributed by atoms with Crippen LogP contribution >= 0.6 is 7.82 Å². The summed E-state index contributed by atoms with van der Waals surface area (Å²) in [5, 5.41) is 14.2. The average molecular weight is 1210 g/mol. The second-order valence-electron chi connectivity index (χ2n) is 25.9. The van der Waals surface area contributed by atoms with Gasteiger partial charge in [0, 0.05) is 6.42 Å². The van der Waals surface area contributed by atoms with Crippen LogP contribution in [0.4, 0.5) is 0 Å². The summed E-state index contributed by atoms with van der Waals surface area (Å²) in [4.78, 5) is 23.5. The fourth-order valence-corrected chi connectivity index (χ4v) is 11.5. The predicted molar refractivity (Wildman–Crippen MR) is 373 cm³/mol. The molecule has 3 N–H and O–H groups in total. The molecule has 0 saturated heterocycles.